The monoisotopic (exact) mass is 426 g/mol. The zero-order valence-corrected chi connectivity index (χ0v) is 17.6. The molecule has 8 heteroatoms. The first kappa shape index (κ1) is 21.5. The van der Waals surface area contributed by atoms with Crippen LogP contribution < -0.4 is 16.3 Å². The minimum Gasteiger partial charge on any atom is -0.353 e. The van der Waals surface area contributed by atoms with E-state index in [-0.39, 0.29) is 30.8 Å². The summed E-state index contributed by atoms with van der Waals surface area (Å²) in [7, 11) is 0. The molecule has 3 aromatic rings. The second-order valence-corrected chi connectivity index (χ2v) is 7.34. The zero-order valence-electron chi connectivity index (χ0n) is 16.8. The van der Waals surface area contributed by atoms with Gasteiger partial charge in [-0.3, -0.25) is 14.2 Å². The van der Waals surface area contributed by atoms with Gasteiger partial charge in [0.25, 0.3) is 0 Å². The minimum absolute atomic E-state index is 0.161. The first-order chi connectivity index (χ1) is 14.4. The van der Waals surface area contributed by atoms with Gasteiger partial charge in [0.15, 0.2) is 0 Å². The van der Waals surface area contributed by atoms with Crippen molar-refractivity contribution in [2.45, 2.75) is 26.4 Å². The molecule has 1 heterocycles. The maximum atomic E-state index is 12.7. The molecule has 1 unspecified atom stereocenters. The molecule has 0 radical (unpaired) electrons. The third-order valence-corrected chi connectivity index (χ3v) is 5.03. The number of nitrogens with zero attached hydrogens (tertiary/aromatic N) is 2. The Labute approximate surface area is 179 Å². The number of hydrogen-bond donors (Lipinski definition) is 2. The number of benzene rings is 2. The number of aromatic nitrogens is 2. The molecule has 30 heavy (non-hydrogen) atoms. The van der Waals surface area contributed by atoms with Gasteiger partial charge in [0.2, 0.25) is 11.8 Å². The highest BCUT2D eigenvalue weighted by molar-refractivity contribution is 6.27. The fourth-order valence-corrected chi connectivity index (χ4v) is 3.38. The largest absolute Gasteiger partial charge is 0.353 e. The highest BCUT2D eigenvalue weighted by atomic mass is 35.5. The Balaban J connectivity index is 1.83. The third-order valence-electron chi connectivity index (χ3n) is 4.78. The second-order valence-electron chi connectivity index (χ2n) is 7.07. The molecule has 2 N–H and O–H groups in total. The zero-order chi connectivity index (χ0) is 21.7. The molecule has 3 rings (SSSR count). The van der Waals surface area contributed by atoms with Crippen molar-refractivity contribution >= 4 is 34.2 Å². The predicted octanol–water partition coefficient (Wildman–Crippen LogP) is 2.23. The highest BCUT2D eigenvalue weighted by Crippen LogP contribution is 2.20. The number of alkyl halides is 1. The van der Waals surface area contributed by atoms with Gasteiger partial charge < -0.3 is 10.6 Å². The molecule has 0 aliphatic rings. The molecule has 7 nitrogen and oxygen atoms in total. The van der Waals surface area contributed by atoms with Crippen LogP contribution in [0.5, 0.6) is 0 Å². The molecular formula is C22H23ClN4O3. The van der Waals surface area contributed by atoms with E-state index in [9.17, 15) is 14.4 Å². The normalized spacial score (nSPS) is 11.8. The van der Waals surface area contributed by atoms with Crippen LogP contribution in [0.15, 0.2) is 53.3 Å². The highest BCUT2D eigenvalue weighted by Gasteiger charge is 2.17. The lowest BCUT2D eigenvalue weighted by Gasteiger charge is -2.21. The number of amides is 2. The van der Waals surface area contributed by atoms with Gasteiger partial charge in [0.1, 0.15) is 12.4 Å². The Bertz CT molecular complexity index is 1140. The summed E-state index contributed by atoms with van der Waals surface area (Å²) in [6.07, 6.45) is 0. The van der Waals surface area contributed by atoms with E-state index in [1.807, 2.05) is 42.5 Å². The van der Waals surface area contributed by atoms with Gasteiger partial charge in [-0.1, -0.05) is 36.4 Å². The second kappa shape index (κ2) is 9.54. The number of rotatable bonds is 7. The maximum Gasteiger partial charge on any atom is 0.348 e. The number of nitrogens with one attached hydrogen (secondary N) is 2. The molecule has 2 aromatic carbocycles. The van der Waals surface area contributed by atoms with Crippen molar-refractivity contribution < 1.29 is 9.59 Å². The summed E-state index contributed by atoms with van der Waals surface area (Å²) < 4.78 is 1.32. The van der Waals surface area contributed by atoms with E-state index in [4.69, 9.17) is 11.6 Å². The van der Waals surface area contributed by atoms with Crippen molar-refractivity contribution in [3.05, 3.63) is 76.0 Å². The number of halogens is 1. The van der Waals surface area contributed by atoms with Crippen molar-refractivity contribution in [3.8, 4) is 0 Å². The summed E-state index contributed by atoms with van der Waals surface area (Å²) in [5.74, 6) is -0.849. The smallest absolute Gasteiger partial charge is 0.348 e. The summed E-state index contributed by atoms with van der Waals surface area (Å²) in [4.78, 5) is 40.4. The topological polar surface area (TPSA) is 93.1 Å². The average molecular weight is 427 g/mol. The van der Waals surface area contributed by atoms with E-state index < -0.39 is 11.7 Å². The minimum atomic E-state index is -0.483. The van der Waals surface area contributed by atoms with Crippen molar-refractivity contribution in [2.75, 3.05) is 12.4 Å². The van der Waals surface area contributed by atoms with Crippen LogP contribution in [0.3, 0.4) is 0 Å². The van der Waals surface area contributed by atoms with Crippen molar-refractivity contribution in [1.82, 2.24) is 20.2 Å². The molecule has 0 saturated heterocycles. The van der Waals surface area contributed by atoms with Crippen LogP contribution in [0, 0.1) is 13.8 Å². The molecular weight excluding hydrogens is 404 g/mol. The lowest BCUT2D eigenvalue weighted by molar-refractivity contribution is -0.123. The quantitative estimate of drug-likeness (QED) is 0.566. The molecule has 1 aromatic heterocycles. The Kier molecular flexibility index (Phi) is 6.84. The van der Waals surface area contributed by atoms with Crippen LogP contribution in [0.1, 0.15) is 23.0 Å². The summed E-state index contributed by atoms with van der Waals surface area (Å²) in [5, 5.41) is 7.72. The molecule has 2 amide bonds. The van der Waals surface area contributed by atoms with E-state index in [0.717, 1.165) is 16.3 Å². The van der Waals surface area contributed by atoms with Crippen LogP contribution in [-0.2, 0) is 16.1 Å². The number of hydrogen-bond acceptors (Lipinski definition) is 4. The van der Waals surface area contributed by atoms with Crippen LogP contribution in [0.4, 0.5) is 0 Å². The van der Waals surface area contributed by atoms with Crippen LogP contribution >= 0.6 is 11.6 Å². The van der Waals surface area contributed by atoms with Crippen molar-refractivity contribution in [3.63, 3.8) is 0 Å². The standard InChI is InChI=1S/C22H23ClN4O3/c1-14-9-15(2)27(22(30)25-14)13-21(29)26-19(12-24-20(28)11-23)18-8-7-16-5-3-4-6-17(16)10-18/h3-10,19H,11-13H2,1-2H3,(H,24,28)(H,26,29). The van der Waals surface area contributed by atoms with Gasteiger partial charge in [-0.2, -0.15) is 4.98 Å². The average Bonchev–Trinajstić information content (AvgIpc) is 2.73. The molecule has 0 saturated carbocycles. The number of fused-ring (bicyclic) bond motifs is 1. The number of carbonyl (C=O) groups excluding carboxylic acids is 2. The molecule has 0 spiro atoms. The Hall–Kier alpha value is -3.19. The van der Waals surface area contributed by atoms with Crippen LogP contribution in [-0.4, -0.2) is 33.8 Å². The number of carbonyl (C=O) groups is 2. The lowest BCUT2D eigenvalue weighted by Crippen LogP contribution is -2.41. The van der Waals surface area contributed by atoms with Crippen LogP contribution in [0.2, 0.25) is 0 Å². The summed E-state index contributed by atoms with van der Waals surface area (Å²) in [5.41, 5.74) is 1.62. The molecule has 0 aliphatic carbocycles. The van der Waals surface area contributed by atoms with Crippen LogP contribution in [0.25, 0.3) is 10.8 Å². The van der Waals surface area contributed by atoms with E-state index in [2.05, 4.69) is 15.6 Å². The Morgan fingerprint density at radius 3 is 2.50 bits per heavy atom. The van der Waals surface area contributed by atoms with Gasteiger partial charge in [0.05, 0.1) is 6.04 Å². The summed E-state index contributed by atoms with van der Waals surface area (Å²) in [6, 6.07) is 15.0. The fourth-order valence-electron chi connectivity index (χ4n) is 3.29. The molecule has 1 atom stereocenters. The molecule has 156 valence electrons. The molecule has 0 fully saturated rings. The SMILES string of the molecule is Cc1cc(C)n(CC(=O)NC(CNC(=O)CCl)c2ccc3ccccc3c2)c(=O)n1. The molecule has 0 bridgehead atoms. The van der Waals surface area contributed by atoms with Gasteiger partial charge in [-0.25, -0.2) is 4.79 Å². The first-order valence-electron chi connectivity index (χ1n) is 9.53. The van der Waals surface area contributed by atoms with E-state index in [0.29, 0.717) is 11.4 Å². The van der Waals surface area contributed by atoms with E-state index in [1.54, 1.807) is 19.9 Å². The first-order valence-corrected chi connectivity index (χ1v) is 10.1. The lowest BCUT2D eigenvalue weighted by atomic mass is 10.0. The van der Waals surface area contributed by atoms with Gasteiger partial charge in [-0.15, -0.1) is 11.6 Å². The van der Waals surface area contributed by atoms with E-state index >= 15 is 0 Å². The third kappa shape index (κ3) is 5.24. The molecule has 0 aliphatic heterocycles. The Morgan fingerprint density at radius 1 is 1.07 bits per heavy atom. The predicted molar refractivity (Wildman–Crippen MR) is 117 cm³/mol. The van der Waals surface area contributed by atoms with Gasteiger partial charge in [-0.05, 0) is 42.3 Å². The Morgan fingerprint density at radius 2 is 1.80 bits per heavy atom. The van der Waals surface area contributed by atoms with Crippen molar-refractivity contribution in [1.29, 1.82) is 0 Å². The fraction of sp³-hybridized carbons (Fsp3) is 0.273. The summed E-state index contributed by atoms with van der Waals surface area (Å²) in [6.45, 7) is 3.50. The number of aryl methyl sites for hydroxylation is 2. The van der Waals surface area contributed by atoms with Crippen molar-refractivity contribution in [2.24, 2.45) is 0 Å². The van der Waals surface area contributed by atoms with Gasteiger partial charge >= 0.3 is 5.69 Å². The summed E-state index contributed by atoms with van der Waals surface area (Å²) >= 11 is 5.58. The maximum absolute atomic E-state index is 12.7. The van der Waals surface area contributed by atoms with E-state index in [1.165, 1.54) is 4.57 Å². The van der Waals surface area contributed by atoms with Gasteiger partial charge in [0, 0.05) is 17.9 Å².